The van der Waals surface area contributed by atoms with Crippen LogP contribution in [0.1, 0.15) is 32.6 Å². The molecule has 0 aromatic rings. The van der Waals surface area contributed by atoms with Crippen LogP contribution in [0, 0.1) is 11.8 Å². The SMILES string of the molecule is CC1CCC(C(O)CCl)CC1. The minimum Gasteiger partial charge on any atom is -0.392 e. The summed E-state index contributed by atoms with van der Waals surface area (Å²) in [4.78, 5) is 0. The summed E-state index contributed by atoms with van der Waals surface area (Å²) in [6, 6.07) is 0. The Labute approximate surface area is 73.8 Å². The third kappa shape index (κ3) is 2.64. The molecule has 1 rings (SSSR count). The Balaban J connectivity index is 2.27. The highest BCUT2D eigenvalue weighted by Gasteiger charge is 2.23. The van der Waals surface area contributed by atoms with Gasteiger partial charge < -0.3 is 5.11 Å². The first-order valence-corrected chi connectivity index (χ1v) is 5.01. The van der Waals surface area contributed by atoms with Crippen LogP contribution in [0.25, 0.3) is 0 Å². The summed E-state index contributed by atoms with van der Waals surface area (Å²) >= 11 is 5.57. The van der Waals surface area contributed by atoms with E-state index < -0.39 is 0 Å². The molecule has 1 unspecified atom stereocenters. The predicted molar refractivity (Wildman–Crippen MR) is 47.8 cm³/mol. The third-order valence-electron chi connectivity index (χ3n) is 2.76. The maximum atomic E-state index is 9.44. The molecule has 0 saturated heterocycles. The van der Waals surface area contributed by atoms with Crippen molar-refractivity contribution < 1.29 is 5.11 Å². The maximum absolute atomic E-state index is 9.44. The van der Waals surface area contributed by atoms with Gasteiger partial charge in [-0.05, 0) is 24.7 Å². The van der Waals surface area contributed by atoms with E-state index >= 15 is 0 Å². The van der Waals surface area contributed by atoms with Crippen LogP contribution in [0.5, 0.6) is 0 Å². The Morgan fingerprint density at radius 3 is 2.36 bits per heavy atom. The largest absolute Gasteiger partial charge is 0.392 e. The van der Waals surface area contributed by atoms with Gasteiger partial charge in [0.1, 0.15) is 0 Å². The van der Waals surface area contributed by atoms with Gasteiger partial charge in [0.2, 0.25) is 0 Å². The number of aliphatic hydroxyl groups excluding tert-OH is 1. The molecule has 0 aromatic heterocycles. The Hall–Kier alpha value is 0.250. The van der Waals surface area contributed by atoms with Gasteiger partial charge in [-0.25, -0.2) is 0 Å². The molecule has 0 heterocycles. The van der Waals surface area contributed by atoms with Gasteiger partial charge in [-0.3, -0.25) is 0 Å². The molecule has 66 valence electrons. The first-order valence-electron chi connectivity index (χ1n) is 4.48. The van der Waals surface area contributed by atoms with Gasteiger partial charge in [-0.1, -0.05) is 19.8 Å². The van der Waals surface area contributed by atoms with Crippen LogP contribution in [-0.4, -0.2) is 17.1 Å². The van der Waals surface area contributed by atoms with Gasteiger partial charge in [0.15, 0.2) is 0 Å². The zero-order valence-electron chi connectivity index (χ0n) is 7.09. The molecule has 1 N–H and O–H groups in total. The van der Waals surface area contributed by atoms with Gasteiger partial charge in [-0.2, -0.15) is 0 Å². The Bertz CT molecular complexity index is 108. The van der Waals surface area contributed by atoms with Crippen LogP contribution in [-0.2, 0) is 0 Å². The van der Waals surface area contributed by atoms with Crippen LogP contribution in [0.15, 0.2) is 0 Å². The molecule has 0 bridgehead atoms. The molecule has 0 aromatic carbocycles. The van der Waals surface area contributed by atoms with E-state index in [0.29, 0.717) is 11.8 Å². The van der Waals surface area contributed by atoms with Crippen molar-refractivity contribution >= 4 is 11.6 Å². The molecular formula is C9H17ClO. The molecule has 1 nitrogen and oxygen atoms in total. The van der Waals surface area contributed by atoms with Crippen molar-refractivity contribution in [1.29, 1.82) is 0 Å². The summed E-state index contributed by atoms with van der Waals surface area (Å²) in [5, 5.41) is 9.44. The van der Waals surface area contributed by atoms with Crippen molar-refractivity contribution in [1.82, 2.24) is 0 Å². The minimum atomic E-state index is -0.260. The van der Waals surface area contributed by atoms with Crippen molar-refractivity contribution in [2.45, 2.75) is 38.7 Å². The highest BCUT2D eigenvalue weighted by atomic mass is 35.5. The number of hydrogen-bond acceptors (Lipinski definition) is 1. The summed E-state index contributed by atoms with van der Waals surface area (Å²) in [5.74, 6) is 1.73. The average Bonchev–Trinajstić information content (AvgIpc) is 2.05. The van der Waals surface area contributed by atoms with E-state index in [1.54, 1.807) is 0 Å². The van der Waals surface area contributed by atoms with Gasteiger partial charge in [-0.15, -0.1) is 11.6 Å². The number of aliphatic hydroxyl groups is 1. The first kappa shape index (κ1) is 9.34. The topological polar surface area (TPSA) is 20.2 Å². The van der Waals surface area contributed by atoms with Crippen molar-refractivity contribution in [3.8, 4) is 0 Å². The second-order valence-corrected chi connectivity index (χ2v) is 4.05. The lowest BCUT2D eigenvalue weighted by molar-refractivity contribution is 0.0936. The molecule has 1 saturated carbocycles. The molecule has 1 aliphatic rings. The smallest absolute Gasteiger partial charge is 0.0703 e. The molecule has 1 atom stereocenters. The molecule has 1 aliphatic carbocycles. The lowest BCUT2D eigenvalue weighted by atomic mass is 9.81. The van der Waals surface area contributed by atoms with E-state index in [0.717, 1.165) is 18.8 Å². The van der Waals surface area contributed by atoms with Crippen LogP contribution in [0.2, 0.25) is 0 Å². The lowest BCUT2D eigenvalue weighted by Gasteiger charge is -2.28. The number of alkyl halides is 1. The van der Waals surface area contributed by atoms with Gasteiger partial charge >= 0.3 is 0 Å². The Kier molecular flexibility index (Phi) is 3.67. The number of rotatable bonds is 2. The van der Waals surface area contributed by atoms with Crippen LogP contribution < -0.4 is 0 Å². The van der Waals surface area contributed by atoms with Crippen LogP contribution in [0.3, 0.4) is 0 Å². The standard InChI is InChI=1S/C9H17ClO/c1-7-2-4-8(5-3-7)9(11)6-10/h7-9,11H,2-6H2,1H3. The van der Waals surface area contributed by atoms with Gasteiger partial charge in [0, 0.05) is 5.88 Å². The van der Waals surface area contributed by atoms with E-state index in [2.05, 4.69) is 6.92 Å². The number of hydrogen-bond donors (Lipinski definition) is 1. The molecule has 0 aliphatic heterocycles. The Morgan fingerprint density at radius 1 is 1.36 bits per heavy atom. The second-order valence-electron chi connectivity index (χ2n) is 3.74. The molecule has 2 heteroatoms. The molecule has 11 heavy (non-hydrogen) atoms. The summed E-state index contributed by atoms with van der Waals surface area (Å²) < 4.78 is 0. The average molecular weight is 177 g/mol. The van der Waals surface area contributed by atoms with Gasteiger partial charge in [0.05, 0.1) is 6.10 Å². The summed E-state index contributed by atoms with van der Waals surface area (Å²) in [7, 11) is 0. The zero-order chi connectivity index (χ0) is 8.27. The highest BCUT2D eigenvalue weighted by Crippen LogP contribution is 2.30. The van der Waals surface area contributed by atoms with E-state index in [-0.39, 0.29) is 6.10 Å². The maximum Gasteiger partial charge on any atom is 0.0703 e. The monoisotopic (exact) mass is 176 g/mol. The first-order chi connectivity index (χ1) is 5.24. The van der Waals surface area contributed by atoms with E-state index in [1.165, 1.54) is 12.8 Å². The van der Waals surface area contributed by atoms with E-state index in [9.17, 15) is 5.11 Å². The fourth-order valence-corrected chi connectivity index (χ4v) is 2.05. The van der Waals surface area contributed by atoms with Crippen LogP contribution in [0.4, 0.5) is 0 Å². The quantitative estimate of drug-likeness (QED) is 0.641. The minimum absolute atomic E-state index is 0.260. The van der Waals surface area contributed by atoms with Crippen molar-refractivity contribution in [3.05, 3.63) is 0 Å². The van der Waals surface area contributed by atoms with Gasteiger partial charge in [0.25, 0.3) is 0 Å². The molecular weight excluding hydrogens is 160 g/mol. The van der Waals surface area contributed by atoms with E-state index in [4.69, 9.17) is 11.6 Å². The van der Waals surface area contributed by atoms with Crippen molar-refractivity contribution in [3.63, 3.8) is 0 Å². The third-order valence-corrected chi connectivity index (χ3v) is 3.08. The van der Waals surface area contributed by atoms with Crippen LogP contribution >= 0.6 is 11.6 Å². The molecule has 0 amide bonds. The van der Waals surface area contributed by atoms with Crippen molar-refractivity contribution in [2.24, 2.45) is 11.8 Å². The summed E-state index contributed by atoms with van der Waals surface area (Å²) in [6.45, 7) is 2.28. The Morgan fingerprint density at radius 2 is 1.91 bits per heavy atom. The highest BCUT2D eigenvalue weighted by molar-refractivity contribution is 6.18. The summed E-state index contributed by atoms with van der Waals surface area (Å²) in [5.41, 5.74) is 0. The molecule has 1 fully saturated rings. The van der Waals surface area contributed by atoms with E-state index in [1.807, 2.05) is 0 Å². The molecule has 0 spiro atoms. The second kappa shape index (κ2) is 4.32. The zero-order valence-corrected chi connectivity index (χ0v) is 7.85. The summed E-state index contributed by atoms with van der Waals surface area (Å²) in [6.07, 6.45) is 4.59. The molecule has 0 radical (unpaired) electrons. The number of halogens is 1. The fourth-order valence-electron chi connectivity index (χ4n) is 1.80. The normalized spacial score (nSPS) is 35.2. The lowest BCUT2D eigenvalue weighted by Crippen LogP contribution is -2.26. The van der Waals surface area contributed by atoms with Crippen molar-refractivity contribution in [2.75, 3.05) is 5.88 Å². The fraction of sp³-hybridized carbons (Fsp3) is 1.00. The predicted octanol–water partition coefficient (Wildman–Crippen LogP) is 2.41.